The number of carbonyl (C=O) groups excluding carboxylic acids is 1. The van der Waals surface area contributed by atoms with Crippen molar-refractivity contribution in [1.29, 1.82) is 0 Å². The number of ether oxygens (including phenoxy) is 1. The minimum atomic E-state index is -0.593. The van der Waals surface area contributed by atoms with Crippen molar-refractivity contribution in [2.24, 2.45) is 0 Å². The normalized spacial score (nSPS) is 12.2. The molecule has 0 aliphatic heterocycles. The fraction of sp³-hybridized carbons (Fsp3) is 0.444. The highest BCUT2D eigenvalue weighted by Gasteiger charge is 2.23. The highest BCUT2D eigenvalue weighted by atomic mass is 35.5. The zero-order chi connectivity index (χ0) is 18.4. The number of hydrogen-bond donors (Lipinski definition) is 1. The van der Waals surface area contributed by atoms with Gasteiger partial charge in [-0.3, -0.25) is 4.79 Å². The second kappa shape index (κ2) is 8.87. The van der Waals surface area contributed by atoms with Gasteiger partial charge in [0.05, 0.1) is 18.6 Å². The Balaban J connectivity index is 2.07. The van der Waals surface area contributed by atoms with E-state index >= 15 is 0 Å². The highest BCUT2D eigenvalue weighted by molar-refractivity contribution is 6.30. The molecule has 0 saturated heterocycles. The molecule has 0 bridgehead atoms. The van der Waals surface area contributed by atoms with Crippen LogP contribution in [-0.4, -0.2) is 59.0 Å². The van der Waals surface area contributed by atoms with Gasteiger partial charge < -0.3 is 19.5 Å². The minimum Gasteiger partial charge on any atom is -0.481 e. The van der Waals surface area contributed by atoms with Crippen molar-refractivity contribution in [3.63, 3.8) is 0 Å². The maximum absolute atomic E-state index is 12.9. The quantitative estimate of drug-likeness (QED) is 0.782. The molecule has 1 heterocycles. The molecule has 1 aromatic carbocycles. The number of hydrogen-bond acceptors (Lipinski definition) is 4. The summed E-state index contributed by atoms with van der Waals surface area (Å²) in [5.74, 6) is 0.602. The average Bonchev–Trinajstić information content (AvgIpc) is 3.06. The summed E-state index contributed by atoms with van der Waals surface area (Å²) in [7, 11) is 3.96. The van der Waals surface area contributed by atoms with E-state index in [0.29, 0.717) is 23.9 Å². The van der Waals surface area contributed by atoms with E-state index in [1.54, 1.807) is 36.5 Å². The van der Waals surface area contributed by atoms with Crippen LogP contribution < -0.4 is 4.74 Å². The summed E-state index contributed by atoms with van der Waals surface area (Å²) in [5.41, 5.74) is 1.79. The minimum absolute atomic E-state index is 0.0641. The second-order valence-corrected chi connectivity index (χ2v) is 6.75. The molecule has 0 saturated carbocycles. The van der Waals surface area contributed by atoms with Gasteiger partial charge in [-0.25, -0.2) is 4.98 Å². The molecule has 1 atom stereocenters. The predicted octanol–water partition coefficient (Wildman–Crippen LogP) is 2.73. The molecule has 7 heteroatoms. The van der Waals surface area contributed by atoms with Gasteiger partial charge >= 0.3 is 0 Å². The third kappa shape index (κ3) is 5.76. The van der Waals surface area contributed by atoms with Gasteiger partial charge in [0, 0.05) is 24.3 Å². The van der Waals surface area contributed by atoms with Crippen molar-refractivity contribution in [2.45, 2.75) is 26.5 Å². The molecule has 0 fully saturated rings. The first kappa shape index (κ1) is 19.3. The van der Waals surface area contributed by atoms with Crippen LogP contribution in [-0.2, 0) is 11.3 Å². The molecule has 136 valence electrons. The summed E-state index contributed by atoms with van der Waals surface area (Å²) in [6, 6.07) is 5.37. The molecule has 6 nitrogen and oxygen atoms in total. The Bertz CT molecular complexity index is 688. The van der Waals surface area contributed by atoms with E-state index in [0.717, 1.165) is 17.8 Å². The summed E-state index contributed by atoms with van der Waals surface area (Å²) >= 11 is 5.97. The number of likely N-dealkylation sites (N-methyl/N-ethyl adjacent to an activating group) is 1. The van der Waals surface area contributed by atoms with E-state index in [1.165, 1.54) is 0 Å². The number of nitrogens with one attached hydrogen (secondary N) is 1. The fourth-order valence-electron chi connectivity index (χ4n) is 2.41. The van der Waals surface area contributed by atoms with Gasteiger partial charge in [0.2, 0.25) is 0 Å². The molecule has 0 aliphatic rings. The monoisotopic (exact) mass is 364 g/mol. The van der Waals surface area contributed by atoms with Crippen LogP contribution >= 0.6 is 11.6 Å². The summed E-state index contributed by atoms with van der Waals surface area (Å²) in [6.45, 7) is 5.53. The molecule has 1 N–H and O–H groups in total. The van der Waals surface area contributed by atoms with E-state index in [4.69, 9.17) is 16.3 Å². The van der Waals surface area contributed by atoms with Crippen LogP contribution in [0.1, 0.15) is 18.2 Å². The number of aryl methyl sites for hydroxylation is 1. The lowest BCUT2D eigenvalue weighted by molar-refractivity contribution is -0.138. The number of imidazole rings is 1. The van der Waals surface area contributed by atoms with Crippen molar-refractivity contribution in [1.82, 2.24) is 19.8 Å². The molecule has 1 aromatic heterocycles. The number of halogens is 1. The highest BCUT2D eigenvalue weighted by Crippen LogP contribution is 2.23. The first-order valence-corrected chi connectivity index (χ1v) is 8.58. The van der Waals surface area contributed by atoms with Crippen LogP contribution in [0.4, 0.5) is 0 Å². The van der Waals surface area contributed by atoms with Gasteiger partial charge in [-0.15, -0.1) is 0 Å². The van der Waals surface area contributed by atoms with Crippen molar-refractivity contribution in [3.05, 3.63) is 47.0 Å². The maximum Gasteiger partial charge on any atom is 0.263 e. The molecule has 2 rings (SSSR count). The third-order valence-electron chi connectivity index (χ3n) is 3.83. The lowest BCUT2D eigenvalue weighted by atomic mass is 10.2. The van der Waals surface area contributed by atoms with E-state index in [2.05, 4.69) is 9.97 Å². The molecule has 25 heavy (non-hydrogen) atoms. The standard InChI is InChI=1S/C18H25ClN4O2/c1-13-9-15(19)5-6-17(13)25-14(2)18(24)23(8-7-22(3)4)11-16-10-20-12-21-16/h5-6,9-10,12,14H,7-8,11H2,1-4H3,(H,20,21). The van der Waals surface area contributed by atoms with E-state index < -0.39 is 6.10 Å². The first-order valence-electron chi connectivity index (χ1n) is 8.20. The van der Waals surface area contributed by atoms with Crippen molar-refractivity contribution >= 4 is 17.5 Å². The molecule has 1 amide bonds. The van der Waals surface area contributed by atoms with Crippen LogP contribution in [0, 0.1) is 6.92 Å². The number of H-pyrrole nitrogens is 1. The Morgan fingerprint density at radius 3 is 2.72 bits per heavy atom. The van der Waals surface area contributed by atoms with Gasteiger partial charge in [0.25, 0.3) is 5.91 Å². The molecule has 0 spiro atoms. The lowest BCUT2D eigenvalue weighted by Crippen LogP contribution is -2.43. The van der Waals surface area contributed by atoms with Crippen LogP contribution in [0.25, 0.3) is 0 Å². The van der Waals surface area contributed by atoms with Gasteiger partial charge in [-0.05, 0) is 51.7 Å². The Kier molecular flexibility index (Phi) is 6.84. The summed E-state index contributed by atoms with van der Waals surface area (Å²) in [5, 5.41) is 0.649. The molecular weight excluding hydrogens is 340 g/mol. The van der Waals surface area contributed by atoms with Crippen LogP contribution in [0.2, 0.25) is 5.02 Å². The average molecular weight is 365 g/mol. The number of aromatic nitrogens is 2. The number of amides is 1. The Morgan fingerprint density at radius 2 is 2.12 bits per heavy atom. The predicted molar refractivity (Wildman–Crippen MR) is 98.8 cm³/mol. The van der Waals surface area contributed by atoms with E-state index in [9.17, 15) is 4.79 Å². The van der Waals surface area contributed by atoms with Crippen LogP contribution in [0.15, 0.2) is 30.7 Å². The van der Waals surface area contributed by atoms with Gasteiger partial charge in [0.15, 0.2) is 6.10 Å². The largest absolute Gasteiger partial charge is 0.481 e. The number of aromatic amines is 1. The number of benzene rings is 1. The fourth-order valence-corrected chi connectivity index (χ4v) is 2.63. The Hall–Kier alpha value is -2.05. The van der Waals surface area contributed by atoms with E-state index in [-0.39, 0.29) is 5.91 Å². The Morgan fingerprint density at radius 1 is 1.36 bits per heavy atom. The van der Waals surface area contributed by atoms with Crippen molar-refractivity contribution < 1.29 is 9.53 Å². The molecule has 0 radical (unpaired) electrons. The second-order valence-electron chi connectivity index (χ2n) is 6.31. The molecule has 0 aliphatic carbocycles. The van der Waals surface area contributed by atoms with Crippen LogP contribution in [0.5, 0.6) is 5.75 Å². The number of rotatable bonds is 8. The zero-order valence-corrected chi connectivity index (χ0v) is 15.9. The summed E-state index contributed by atoms with van der Waals surface area (Å²) in [6.07, 6.45) is 2.75. The van der Waals surface area contributed by atoms with Crippen molar-refractivity contribution in [3.8, 4) is 5.75 Å². The first-order chi connectivity index (χ1) is 11.9. The lowest BCUT2D eigenvalue weighted by Gasteiger charge is -2.27. The SMILES string of the molecule is Cc1cc(Cl)ccc1OC(C)C(=O)N(CCN(C)C)Cc1cnc[nH]1. The Labute approximate surface area is 153 Å². The molecule has 2 aromatic rings. The van der Waals surface area contributed by atoms with Crippen LogP contribution in [0.3, 0.4) is 0 Å². The van der Waals surface area contributed by atoms with Gasteiger partial charge in [0.1, 0.15) is 5.75 Å². The summed E-state index contributed by atoms with van der Waals surface area (Å²) in [4.78, 5) is 23.8. The smallest absolute Gasteiger partial charge is 0.263 e. The zero-order valence-electron chi connectivity index (χ0n) is 15.1. The number of nitrogens with zero attached hydrogens (tertiary/aromatic N) is 3. The van der Waals surface area contributed by atoms with Gasteiger partial charge in [-0.1, -0.05) is 11.6 Å². The number of carbonyl (C=O) groups is 1. The van der Waals surface area contributed by atoms with E-state index in [1.807, 2.05) is 32.0 Å². The molecular formula is C18H25ClN4O2. The topological polar surface area (TPSA) is 61.5 Å². The van der Waals surface area contributed by atoms with Crippen molar-refractivity contribution in [2.75, 3.05) is 27.2 Å². The van der Waals surface area contributed by atoms with Gasteiger partial charge in [-0.2, -0.15) is 0 Å². The molecule has 1 unspecified atom stereocenters. The summed E-state index contributed by atoms with van der Waals surface area (Å²) < 4.78 is 5.88. The maximum atomic E-state index is 12.9. The third-order valence-corrected chi connectivity index (χ3v) is 4.07.